The molecule has 5 rings (SSSR count). The molecule has 38 heavy (non-hydrogen) atoms. The van der Waals surface area contributed by atoms with Gasteiger partial charge in [-0.3, -0.25) is 18.8 Å². The fourth-order valence-electron chi connectivity index (χ4n) is 6.48. The average Bonchev–Trinajstić information content (AvgIpc) is 2.88. The maximum atomic E-state index is 14.2. The summed E-state index contributed by atoms with van der Waals surface area (Å²) < 4.78 is 29.7. The molecule has 1 saturated heterocycles. The van der Waals surface area contributed by atoms with Gasteiger partial charge in [-0.25, -0.2) is 8.42 Å². The lowest BCUT2D eigenvalue weighted by Crippen LogP contribution is -2.56. The van der Waals surface area contributed by atoms with Gasteiger partial charge in [-0.05, 0) is 56.9 Å². The molecule has 2 amide bonds. The van der Waals surface area contributed by atoms with Gasteiger partial charge in [0.25, 0.3) is 10.0 Å². The maximum Gasteiger partial charge on any atom is 0.265 e. The lowest BCUT2D eigenvalue weighted by atomic mass is 9.94. The number of carbonyl (C=O) groups is 2. The molecule has 1 aliphatic carbocycles. The number of hydrogen-bond acceptors (Lipinski definition) is 5. The van der Waals surface area contributed by atoms with Gasteiger partial charge < -0.3 is 10.2 Å². The number of fused-ring (bicyclic) bond motifs is 1. The summed E-state index contributed by atoms with van der Waals surface area (Å²) in [5.41, 5.74) is 3.01. The lowest BCUT2D eigenvalue weighted by Gasteiger charge is -2.42. The van der Waals surface area contributed by atoms with Gasteiger partial charge in [0.1, 0.15) is 6.04 Å². The van der Waals surface area contributed by atoms with Crippen LogP contribution in [0.4, 0.5) is 11.4 Å². The van der Waals surface area contributed by atoms with Crippen molar-refractivity contribution in [3.05, 3.63) is 53.1 Å². The van der Waals surface area contributed by atoms with E-state index in [2.05, 4.69) is 10.2 Å². The number of amides is 2. The molecule has 9 heteroatoms. The average molecular weight is 539 g/mol. The Hall–Kier alpha value is -2.91. The predicted molar refractivity (Wildman–Crippen MR) is 149 cm³/mol. The predicted octanol–water partition coefficient (Wildman–Crippen LogP) is 3.99. The number of piperazine rings is 1. The highest BCUT2D eigenvalue weighted by atomic mass is 32.2. The van der Waals surface area contributed by atoms with E-state index < -0.39 is 22.0 Å². The molecule has 2 aromatic carbocycles. The van der Waals surface area contributed by atoms with E-state index in [-0.39, 0.29) is 17.2 Å². The second-order valence-corrected chi connectivity index (χ2v) is 12.7. The highest BCUT2D eigenvalue weighted by molar-refractivity contribution is 7.93. The quantitative estimate of drug-likeness (QED) is 0.622. The highest BCUT2D eigenvalue weighted by Gasteiger charge is 2.43. The monoisotopic (exact) mass is 538 g/mol. The Kier molecular flexibility index (Phi) is 7.51. The Balaban J connectivity index is 1.42. The zero-order valence-corrected chi connectivity index (χ0v) is 23.4. The molecule has 1 atom stereocenters. The van der Waals surface area contributed by atoms with Crippen molar-refractivity contribution in [2.45, 2.75) is 76.3 Å². The largest absolute Gasteiger partial charge is 0.340 e. The van der Waals surface area contributed by atoms with Gasteiger partial charge in [0, 0.05) is 32.2 Å². The van der Waals surface area contributed by atoms with E-state index in [1.165, 1.54) is 36.4 Å². The van der Waals surface area contributed by atoms with Crippen LogP contribution in [0.2, 0.25) is 0 Å². The van der Waals surface area contributed by atoms with Crippen LogP contribution in [0.25, 0.3) is 0 Å². The molecule has 1 unspecified atom stereocenters. The van der Waals surface area contributed by atoms with Gasteiger partial charge in [-0.15, -0.1) is 0 Å². The van der Waals surface area contributed by atoms with Crippen LogP contribution >= 0.6 is 0 Å². The van der Waals surface area contributed by atoms with E-state index in [9.17, 15) is 18.0 Å². The van der Waals surface area contributed by atoms with Crippen molar-refractivity contribution in [2.24, 2.45) is 0 Å². The van der Waals surface area contributed by atoms with Crippen LogP contribution in [0.3, 0.4) is 0 Å². The minimum absolute atomic E-state index is 0.186. The van der Waals surface area contributed by atoms with Gasteiger partial charge in [0.2, 0.25) is 11.8 Å². The number of sulfonamides is 1. The van der Waals surface area contributed by atoms with E-state index in [4.69, 9.17) is 0 Å². The molecular formula is C29H38N4O4S. The first-order valence-corrected chi connectivity index (χ1v) is 15.1. The molecule has 2 heterocycles. The Labute approximate surface area is 226 Å². The fraction of sp³-hybridized carbons (Fsp3) is 0.517. The third-order valence-corrected chi connectivity index (χ3v) is 10.4. The highest BCUT2D eigenvalue weighted by Crippen LogP contribution is 2.39. The first-order chi connectivity index (χ1) is 18.2. The van der Waals surface area contributed by atoms with E-state index in [0.717, 1.165) is 18.7 Å². The van der Waals surface area contributed by atoms with E-state index >= 15 is 0 Å². The normalized spacial score (nSPS) is 21.2. The van der Waals surface area contributed by atoms with Crippen molar-refractivity contribution in [3.63, 3.8) is 0 Å². The summed E-state index contributed by atoms with van der Waals surface area (Å²) in [6, 6.07) is 9.98. The number of rotatable bonds is 5. The second kappa shape index (κ2) is 10.7. The standard InChI is InChI=1S/C29H38N4O4S/c1-20-17-21(2)28(22(3)18-20)38(36,37)33-25-12-8-7-11-24(25)30-29(35)26(33)19-27(34)32-15-13-31(14-16-32)23-9-5-4-6-10-23/h7-8,11-12,17-18,23,26H,4-6,9-10,13-16,19H2,1-3H3,(H,30,35). The molecule has 0 bridgehead atoms. The molecule has 0 aromatic heterocycles. The van der Waals surface area contributed by atoms with Crippen molar-refractivity contribution in [3.8, 4) is 0 Å². The number of nitrogens with one attached hydrogen (secondary N) is 1. The van der Waals surface area contributed by atoms with Crippen LogP contribution in [0.1, 0.15) is 55.2 Å². The smallest absolute Gasteiger partial charge is 0.265 e. The van der Waals surface area contributed by atoms with Crippen molar-refractivity contribution in [2.75, 3.05) is 35.8 Å². The zero-order chi connectivity index (χ0) is 27.0. The van der Waals surface area contributed by atoms with Crippen LogP contribution in [0.5, 0.6) is 0 Å². The summed E-state index contributed by atoms with van der Waals surface area (Å²) in [5, 5.41) is 2.84. The molecule has 0 radical (unpaired) electrons. The summed E-state index contributed by atoms with van der Waals surface area (Å²) in [5.74, 6) is -0.672. The number of para-hydroxylation sites is 2. The first-order valence-electron chi connectivity index (χ1n) is 13.7. The Morgan fingerprint density at radius 2 is 1.58 bits per heavy atom. The summed E-state index contributed by atoms with van der Waals surface area (Å²) >= 11 is 0. The zero-order valence-electron chi connectivity index (χ0n) is 22.6. The van der Waals surface area contributed by atoms with Crippen LogP contribution in [0.15, 0.2) is 41.3 Å². The number of hydrogen-bond donors (Lipinski definition) is 1. The van der Waals surface area contributed by atoms with Gasteiger partial charge >= 0.3 is 0 Å². The number of carbonyl (C=O) groups excluding carboxylic acids is 2. The van der Waals surface area contributed by atoms with Crippen LogP contribution < -0.4 is 9.62 Å². The molecule has 2 aromatic rings. The maximum absolute atomic E-state index is 14.2. The van der Waals surface area contributed by atoms with Crippen molar-refractivity contribution in [1.29, 1.82) is 0 Å². The van der Waals surface area contributed by atoms with E-state index in [1.54, 1.807) is 43.0 Å². The van der Waals surface area contributed by atoms with Crippen LogP contribution in [-0.4, -0.2) is 68.3 Å². The topological polar surface area (TPSA) is 90.0 Å². The second-order valence-electron chi connectivity index (χ2n) is 11.0. The van der Waals surface area contributed by atoms with Gasteiger partial charge in [0.05, 0.1) is 22.7 Å². The summed E-state index contributed by atoms with van der Waals surface area (Å²) in [4.78, 5) is 31.3. The fourth-order valence-corrected chi connectivity index (χ4v) is 8.54. The molecule has 1 N–H and O–H groups in total. The third-order valence-electron chi connectivity index (χ3n) is 8.23. The molecule has 2 aliphatic heterocycles. The lowest BCUT2D eigenvalue weighted by molar-refractivity contribution is -0.135. The molecular weight excluding hydrogens is 500 g/mol. The minimum atomic E-state index is -4.14. The van der Waals surface area contributed by atoms with Crippen molar-refractivity contribution >= 4 is 33.2 Å². The molecule has 3 aliphatic rings. The van der Waals surface area contributed by atoms with Crippen molar-refractivity contribution < 1.29 is 18.0 Å². The van der Waals surface area contributed by atoms with Crippen LogP contribution in [0, 0.1) is 20.8 Å². The molecule has 1 saturated carbocycles. The third kappa shape index (κ3) is 5.06. The van der Waals surface area contributed by atoms with E-state index in [0.29, 0.717) is 41.6 Å². The Morgan fingerprint density at radius 1 is 0.947 bits per heavy atom. The van der Waals surface area contributed by atoms with Gasteiger partial charge in [-0.1, -0.05) is 49.1 Å². The SMILES string of the molecule is Cc1cc(C)c(S(=O)(=O)N2c3ccccc3NC(=O)C2CC(=O)N2CCN(C3CCCCC3)CC2)c(C)c1. The van der Waals surface area contributed by atoms with E-state index in [1.807, 2.05) is 19.1 Å². The van der Waals surface area contributed by atoms with Crippen LogP contribution in [-0.2, 0) is 19.6 Å². The summed E-state index contributed by atoms with van der Waals surface area (Å²) in [7, 11) is -4.14. The van der Waals surface area contributed by atoms with Gasteiger partial charge in [0.15, 0.2) is 0 Å². The number of benzene rings is 2. The molecule has 2 fully saturated rings. The molecule has 0 spiro atoms. The van der Waals surface area contributed by atoms with Crippen molar-refractivity contribution in [1.82, 2.24) is 9.80 Å². The number of anilines is 2. The molecule has 8 nitrogen and oxygen atoms in total. The first kappa shape index (κ1) is 26.7. The molecule has 204 valence electrons. The Morgan fingerprint density at radius 3 is 2.24 bits per heavy atom. The van der Waals surface area contributed by atoms with Gasteiger partial charge in [-0.2, -0.15) is 0 Å². The summed E-state index contributed by atoms with van der Waals surface area (Å²) in [6.45, 7) is 8.31. The minimum Gasteiger partial charge on any atom is -0.340 e. The Bertz CT molecular complexity index is 1300. The number of aryl methyl sites for hydroxylation is 3. The summed E-state index contributed by atoms with van der Waals surface area (Å²) in [6.07, 6.45) is 6.09. The number of nitrogens with zero attached hydrogens (tertiary/aromatic N) is 3.